The predicted molar refractivity (Wildman–Crippen MR) is 123 cm³/mol. The molecule has 5 aromatic rings. The average Bonchev–Trinajstić information content (AvgIpc) is 3.49. The van der Waals surface area contributed by atoms with E-state index in [1.165, 1.54) is 0 Å². The van der Waals surface area contributed by atoms with Gasteiger partial charge in [0.05, 0.1) is 19.2 Å². The molecule has 1 amide bonds. The first-order chi connectivity index (χ1) is 15.7. The number of benzene rings is 2. The van der Waals surface area contributed by atoms with Crippen molar-refractivity contribution in [2.75, 3.05) is 4.90 Å². The zero-order valence-corrected chi connectivity index (χ0v) is 17.8. The van der Waals surface area contributed by atoms with Crippen molar-refractivity contribution in [2.24, 2.45) is 0 Å². The number of aromatic nitrogens is 5. The number of carbonyl (C=O) groups excluding carboxylic acids is 1. The van der Waals surface area contributed by atoms with E-state index in [0.717, 1.165) is 22.4 Å². The lowest BCUT2D eigenvalue weighted by Gasteiger charge is -2.23. The number of rotatable bonds is 6. The molecule has 7 nitrogen and oxygen atoms in total. The highest BCUT2D eigenvalue weighted by atomic mass is 35.5. The van der Waals surface area contributed by atoms with Gasteiger partial charge in [0.15, 0.2) is 5.65 Å². The van der Waals surface area contributed by atoms with Gasteiger partial charge in [-0.25, -0.2) is 0 Å². The van der Waals surface area contributed by atoms with Crippen molar-refractivity contribution in [1.29, 1.82) is 0 Å². The average molecular weight is 443 g/mol. The minimum Gasteiger partial charge on any atom is -0.308 e. The molecule has 0 saturated carbocycles. The summed E-state index contributed by atoms with van der Waals surface area (Å²) in [5.41, 5.74) is 4.44. The van der Waals surface area contributed by atoms with Crippen molar-refractivity contribution in [3.63, 3.8) is 0 Å². The number of H-pyrrole nitrogens is 1. The molecule has 5 rings (SSSR count). The molecule has 0 aliphatic carbocycles. The summed E-state index contributed by atoms with van der Waals surface area (Å²) in [4.78, 5) is 15.2. The number of anilines is 1. The molecule has 3 heterocycles. The van der Waals surface area contributed by atoms with E-state index >= 15 is 0 Å². The van der Waals surface area contributed by atoms with Crippen LogP contribution in [0.2, 0.25) is 5.02 Å². The van der Waals surface area contributed by atoms with Gasteiger partial charge in [-0.05, 0) is 47.5 Å². The molecule has 158 valence electrons. The van der Waals surface area contributed by atoms with Crippen LogP contribution in [0.25, 0.3) is 16.8 Å². The number of pyridine rings is 1. The second kappa shape index (κ2) is 8.64. The summed E-state index contributed by atoms with van der Waals surface area (Å²) >= 11 is 6.18. The summed E-state index contributed by atoms with van der Waals surface area (Å²) in [6.45, 7) is 0.390. The Balaban J connectivity index is 1.46. The molecule has 0 radical (unpaired) electrons. The molecular formula is C24H19ClN6O. The SMILES string of the molecule is O=C(Cc1nnc2ccccn12)N(Cc1cccc(Cl)c1)c1ccc(-c2cn[nH]c2)cc1. The summed E-state index contributed by atoms with van der Waals surface area (Å²) in [5, 5.41) is 15.8. The molecule has 3 aromatic heterocycles. The van der Waals surface area contributed by atoms with E-state index in [1.54, 1.807) is 11.1 Å². The van der Waals surface area contributed by atoms with Gasteiger partial charge in [0, 0.05) is 28.7 Å². The molecule has 0 spiro atoms. The monoisotopic (exact) mass is 442 g/mol. The van der Waals surface area contributed by atoms with Crippen molar-refractivity contribution in [1.82, 2.24) is 24.8 Å². The Morgan fingerprint density at radius 3 is 2.66 bits per heavy atom. The Hall–Kier alpha value is -3.97. The van der Waals surface area contributed by atoms with E-state index in [4.69, 9.17) is 11.6 Å². The molecule has 32 heavy (non-hydrogen) atoms. The van der Waals surface area contributed by atoms with Crippen LogP contribution in [0.1, 0.15) is 11.4 Å². The van der Waals surface area contributed by atoms with Gasteiger partial charge in [-0.1, -0.05) is 41.9 Å². The zero-order chi connectivity index (χ0) is 21.9. The number of halogens is 1. The summed E-state index contributed by atoms with van der Waals surface area (Å²) < 4.78 is 1.83. The molecule has 0 aliphatic rings. The first-order valence-electron chi connectivity index (χ1n) is 10.1. The minimum atomic E-state index is -0.0841. The van der Waals surface area contributed by atoms with Crippen molar-refractivity contribution in [3.05, 3.63) is 102 Å². The number of hydrogen-bond acceptors (Lipinski definition) is 4. The first-order valence-corrected chi connectivity index (χ1v) is 10.5. The Labute approximate surface area is 189 Å². The third-order valence-electron chi connectivity index (χ3n) is 5.23. The molecule has 0 fully saturated rings. The third-order valence-corrected chi connectivity index (χ3v) is 5.47. The largest absolute Gasteiger partial charge is 0.308 e. The normalized spacial score (nSPS) is 11.0. The van der Waals surface area contributed by atoms with Crippen LogP contribution >= 0.6 is 11.6 Å². The predicted octanol–water partition coefficient (Wildman–Crippen LogP) is 4.55. The fraction of sp³-hybridized carbons (Fsp3) is 0.0833. The highest BCUT2D eigenvalue weighted by molar-refractivity contribution is 6.30. The van der Waals surface area contributed by atoms with Crippen LogP contribution in [-0.2, 0) is 17.8 Å². The van der Waals surface area contributed by atoms with Crippen molar-refractivity contribution >= 4 is 28.8 Å². The quantitative estimate of drug-likeness (QED) is 0.418. The lowest BCUT2D eigenvalue weighted by molar-refractivity contribution is -0.118. The van der Waals surface area contributed by atoms with Crippen LogP contribution in [0.4, 0.5) is 5.69 Å². The zero-order valence-electron chi connectivity index (χ0n) is 17.0. The van der Waals surface area contributed by atoms with E-state index < -0.39 is 0 Å². The van der Waals surface area contributed by atoms with Gasteiger partial charge in [-0.15, -0.1) is 10.2 Å². The van der Waals surface area contributed by atoms with Gasteiger partial charge < -0.3 is 4.90 Å². The highest BCUT2D eigenvalue weighted by Crippen LogP contribution is 2.25. The second-order valence-corrected chi connectivity index (χ2v) is 7.80. The number of fused-ring (bicyclic) bond motifs is 1. The third kappa shape index (κ3) is 4.10. The minimum absolute atomic E-state index is 0.0841. The van der Waals surface area contributed by atoms with Crippen molar-refractivity contribution in [3.8, 4) is 11.1 Å². The molecule has 2 aromatic carbocycles. The van der Waals surface area contributed by atoms with Gasteiger partial charge in [0.1, 0.15) is 5.82 Å². The van der Waals surface area contributed by atoms with Crippen LogP contribution in [0, 0.1) is 0 Å². The molecule has 8 heteroatoms. The van der Waals surface area contributed by atoms with E-state index in [1.807, 2.05) is 83.5 Å². The van der Waals surface area contributed by atoms with E-state index in [2.05, 4.69) is 20.4 Å². The van der Waals surface area contributed by atoms with Gasteiger partial charge in [-0.2, -0.15) is 5.10 Å². The highest BCUT2D eigenvalue weighted by Gasteiger charge is 2.20. The van der Waals surface area contributed by atoms with Gasteiger partial charge >= 0.3 is 0 Å². The van der Waals surface area contributed by atoms with Crippen LogP contribution in [0.5, 0.6) is 0 Å². The van der Waals surface area contributed by atoms with Gasteiger partial charge in [-0.3, -0.25) is 14.3 Å². The van der Waals surface area contributed by atoms with E-state index in [-0.39, 0.29) is 12.3 Å². The lowest BCUT2D eigenvalue weighted by atomic mass is 10.1. The molecule has 0 atom stereocenters. The first kappa shape index (κ1) is 20.0. The summed E-state index contributed by atoms with van der Waals surface area (Å²) in [5.74, 6) is 0.510. The number of carbonyl (C=O) groups is 1. The van der Waals surface area contributed by atoms with E-state index in [0.29, 0.717) is 23.0 Å². The standard InChI is InChI=1S/C24H19ClN6O/c25-20-5-3-4-17(12-20)16-31(21-9-7-18(8-10-21)19-14-26-27-15-19)24(32)13-23-29-28-22-6-1-2-11-30(22)23/h1-12,14-15H,13,16H2,(H,26,27). The summed E-state index contributed by atoms with van der Waals surface area (Å²) in [6.07, 6.45) is 5.58. The Morgan fingerprint density at radius 1 is 1.00 bits per heavy atom. The van der Waals surface area contributed by atoms with Gasteiger partial charge in [0.25, 0.3) is 0 Å². The van der Waals surface area contributed by atoms with Crippen molar-refractivity contribution < 1.29 is 4.79 Å². The molecule has 0 saturated heterocycles. The number of hydrogen-bond donors (Lipinski definition) is 1. The number of nitrogens with one attached hydrogen (secondary N) is 1. The molecule has 1 N–H and O–H groups in total. The molecule has 0 aliphatic heterocycles. The Morgan fingerprint density at radius 2 is 1.88 bits per heavy atom. The second-order valence-electron chi connectivity index (χ2n) is 7.37. The molecule has 0 bridgehead atoms. The topological polar surface area (TPSA) is 79.2 Å². The van der Waals surface area contributed by atoms with Crippen LogP contribution in [-0.4, -0.2) is 30.7 Å². The maximum Gasteiger partial charge on any atom is 0.234 e. The smallest absolute Gasteiger partial charge is 0.234 e. The molecule has 0 unspecified atom stereocenters. The Kier molecular flexibility index (Phi) is 5.39. The fourth-order valence-corrected chi connectivity index (χ4v) is 3.84. The van der Waals surface area contributed by atoms with Gasteiger partial charge in [0.2, 0.25) is 5.91 Å². The Bertz CT molecular complexity index is 1360. The van der Waals surface area contributed by atoms with E-state index in [9.17, 15) is 4.79 Å². The van der Waals surface area contributed by atoms with Crippen LogP contribution in [0.15, 0.2) is 85.3 Å². The summed E-state index contributed by atoms with van der Waals surface area (Å²) in [6, 6.07) is 21.0. The number of aromatic amines is 1. The number of nitrogens with zero attached hydrogens (tertiary/aromatic N) is 5. The van der Waals surface area contributed by atoms with Crippen LogP contribution in [0.3, 0.4) is 0 Å². The number of amides is 1. The maximum atomic E-state index is 13.5. The molecular weight excluding hydrogens is 424 g/mol. The summed E-state index contributed by atoms with van der Waals surface area (Å²) in [7, 11) is 0. The maximum absolute atomic E-state index is 13.5. The van der Waals surface area contributed by atoms with Crippen molar-refractivity contribution in [2.45, 2.75) is 13.0 Å². The fourth-order valence-electron chi connectivity index (χ4n) is 3.63. The van der Waals surface area contributed by atoms with Crippen LogP contribution < -0.4 is 4.90 Å². The lowest BCUT2D eigenvalue weighted by Crippen LogP contribution is -2.32.